The van der Waals surface area contributed by atoms with Crippen LogP contribution in [0.15, 0.2) is 18.3 Å². The van der Waals surface area contributed by atoms with Gasteiger partial charge in [0, 0.05) is 18.1 Å². The van der Waals surface area contributed by atoms with E-state index in [4.69, 9.17) is 5.73 Å². The summed E-state index contributed by atoms with van der Waals surface area (Å²) in [6.45, 7) is 2.12. The summed E-state index contributed by atoms with van der Waals surface area (Å²) in [6, 6.07) is 4.39. The molecule has 4 heteroatoms. The summed E-state index contributed by atoms with van der Waals surface area (Å²) in [5, 5.41) is 0. The van der Waals surface area contributed by atoms with Crippen LogP contribution >= 0.6 is 0 Å². The normalized spacial score (nSPS) is 26.3. The van der Waals surface area contributed by atoms with Crippen molar-refractivity contribution in [1.29, 1.82) is 0 Å². The highest BCUT2D eigenvalue weighted by Gasteiger charge is 2.25. The fourth-order valence-corrected chi connectivity index (χ4v) is 2.67. The Balaban J connectivity index is 1.99. The van der Waals surface area contributed by atoms with Gasteiger partial charge in [0.1, 0.15) is 5.82 Å². The van der Waals surface area contributed by atoms with E-state index in [1.807, 2.05) is 0 Å². The van der Waals surface area contributed by atoms with Gasteiger partial charge in [-0.15, -0.1) is 0 Å². The van der Waals surface area contributed by atoms with Crippen LogP contribution in [0, 0.1) is 5.82 Å². The van der Waals surface area contributed by atoms with E-state index < -0.39 is 0 Å². The topological polar surface area (TPSA) is 42.2 Å². The first-order valence-electron chi connectivity index (χ1n) is 6.67. The van der Waals surface area contributed by atoms with E-state index in [2.05, 4.69) is 23.9 Å². The van der Waals surface area contributed by atoms with E-state index in [1.54, 1.807) is 6.07 Å². The van der Waals surface area contributed by atoms with Crippen LogP contribution in [0.2, 0.25) is 0 Å². The quantitative estimate of drug-likeness (QED) is 0.897. The Hall–Kier alpha value is -1.00. The Morgan fingerprint density at radius 2 is 2.00 bits per heavy atom. The number of hydrogen-bond donors (Lipinski definition) is 1. The zero-order valence-corrected chi connectivity index (χ0v) is 11.1. The van der Waals surface area contributed by atoms with E-state index >= 15 is 0 Å². The summed E-state index contributed by atoms with van der Waals surface area (Å²) >= 11 is 0. The van der Waals surface area contributed by atoms with Crippen LogP contribution in [0.3, 0.4) is 0 Å². The van der Waals surface area contributed by atoms with Crippen LogP contribution in [-0.2, 0) is 0 Å². The molecule has 2 rings (SSSR count). The molecule has 1 fully saturated rings. The second-order valence-electron chi connectivity index (χ2n) is 5.31. The smallest absolute Gasteiger partial charge is 0.141 e. The van der Waals surface area contributed by atoms with Crippen LogP contribution in [0.25, 0.3) is 0 Å². The molecule has 1 aromatic rings. The molecule has 100 valence electrons. The molecule has 0 spiro atoms. The number of halogens is 1. The third-order valence-electron chi connectivity index (χ3n) is 4.11. The lowest BCUT2D eigenvalue weighted by atomic mass is 9.90. The molecule has 0 aliphatic heterocycles. The molecule has 1 saturated carbocycles. The maximum atomic E-state index is 12.9. The molecule has 1 unspecified atom stereocenters. The lowest BCUT2D eigenvalue weighted by molar-refractivity contribution is 0.138. The molecule has 1 heterocycles. The van der Waals surface area contributed by atoms with Crippen molar-refractivity contribution in [3.63, 3.8) is 0 Å². The SMILES string of the molecule is CC(c1ccc(F)cn1)N(C)C1CCC(N)CC1. The third-order valence-corrected chi connectivity index (χ3v) is 4.11. The van der Waals surface area contributed by atoms with Crippen LogP contribution in [0.1, 0.15) is 44.3 Å². The molecule has 0 bridgehead atoms. The molecule has 3 nitrogen and oxygen atoms in total. The van der Waals surface area contributed by atoms with E-state index in [1.165, 1.54) is 12.3 Å². The van der Waals surface area contributed by atoms with Gasteiger partial charge in [0.2, 0.25) is 0 Å². The van der Waals surface area contributed by atoms with Crippen molar-refractivity contribution in [2.75, 3.05) is 7.05 Å². The van der Waals surface area contributed by atoms with Crippen molar-refractivity contribution in [3.8, 4) is 0 Å². The van der Waals surface area contributed by atoms with Gasteiger partial charge < -0.3 is 5.73 Å². The lowest BCUT2D eigenvalue weighted by Gasteiger charge is -2.36. The molecule has 0 amide bonds. The van der Waals surface area contributed by atoms with Crippen molar-refractivity contribution in [3.05, 3.63) is 29.8 Å². The van der Waals surface area contributed by atoms with Crippen LogP contribution < -0.4 is 5.73 Å². The van der Waals surface area contributed by atoms with E-state index in [0.29, 0.717) is 12.1 Å². The number of aromatic nitrogens is 1. The highest BCUT2D eigenvalue weighted by Crippen LogP contribution is 2.27. The zero-order valence-electron chi connectivity index (χ0n) is 11.1. The Morgan fingerprint density at radius 1 is 1.33 bits per heavy atom. The first kappa shape index (κ1) is 13.4. The minimum Gasteiger partial charge on any atom is -0.328 e. The van der Waals surface area contributed by atoms with Gasteiger partial charge in [-0.25, -0.2) is 4.39 Å². The number of hydrogen-bond acceptors (Lipinski definition) is 3. The first-order valence-corrected chi connectivity index (χ1v) is 6.67. The van der Waals surface area contributed by atoms with E-state index in [-0.39, 0.29) is 11.9 Å². The second-order valence-corrected chi connectivity index (χ2v) is 5.31. The number of pyridine rings is 1. The minimum absolute atomic E-state index is 0.213. The standard InChI is InChI=1S/C14H22FN3/c1-10(14-8-3-11(15)9-17-14)18(2)13-6-4-12(16)5-7-13/h3,8-10,12-13H,4-7,16H2,1-2H3. The molecule has 1 aromatic heterocycles. The van der Waals surface area contributed by atoms with E-state index in [9.17, 15) is 4.39 Å². The molecule has 0 radical (unpaired) electrons. The summed E-state index contributed by atoms with van der Waals surface area (Å²) in [5.41, 5.74) is 6.85. The predicted octanol–water partition coefficient (Wildman–Crippen LogP) is 2.48. The molecule has 18 heavy (non-hydrogen) atoms. The Bertz CT molecular complexity index is 371. The number of rotatable bonds is 3. The number of nitrogens with zero attached hydrogens (tertiary/aromatic N) is 2. The summed E-state index contributed by atoms with van der Waals surface area (Å²) in [5.74, 6) is -0.280. The highest BCUT2D eigenvalue weighted by molar-refractivity contribution is 5.09. The molecule has 1 aliphatic rings. The molecular formula is C14H22FN3. The molecule has 1 aliphatic carbocycles. The van der Waals surface area contributed by atoms with Gasteiger partial charge in [-0.2, -0.15) is 0 Å². The summed E-state index contributed by atoms with van der Waals surface area (Å²) < 4.78 is 12.9. The Labute approximate surface area is 108 Å². The lowest BCUT2D eigenvalue weighted by Crippen LogP contribution is -2.40. The average Bonchev–Trinajstić information content (AvgIpc) is 2.39. The maximum Gasteiger partial charge on any atom is 0.141 e. The highest BCUT2D eigenvalue weighted by atomic mass is 19.1. The van der Waals surface area contributed by atoms with Gasteiger partial charge in [-0.3, -0.25) is 9.88 Å². The largest absolute Gasteiger partial charge is 0.328 e. The summed E-state index contributed by atoms with van der Waals surface area (Å²) in [6.07, 6.45) is 5.76. The predicted molar refractivity (Wildman–Crippen MR) is 70.6 cm³/mol. The average molecular weight is 251 g/mol. The summed E-state index contributed by atoms with van der Waals surface area (Å²) in [7, 11) is 2.12. The van der Waals surface area contributed by atoms with Gasteiger partial charge in [0.15, 0.2) is 0 Å². The minimum atomic E-state index is -0.280. The van der Waals surface area contributed by atoms with Gasteiger partial charge in [-0.05, 0) is 51.8 Å². The van der Waals surface area contributed by atoms with E-state index in [0.717, 1.165) is 31.4 Å². The van der Waals surface area contributed by atoms with Crippen molar-refractivity contribution in [2.45, 2.75) is 50.7 Å². The molecule has 0 saturated heterocycles. The summed E-state index contributed by atoms with van der Waals surface area (Å²) in [4.78, 5) is 6.51. The van der Waals surface area contributed by atoms with Crippen molar-refractivity contribution in [1.82, 2.24) is 9.88 Å². The monoisotopic (exact) mass is 251 g/mol. The van der Waals surface area contributed by atoms with Crippen LogP contribution in [0.4, 0.5) is 4.39 Å². The zero-order chi connectivity index (χ0) is 13.1. The Kier molecular flexibility index (Phi) is 4.30. The molecule has 1 atom stereocenters. The molecule has 0 aromatic carbocycles. The fraction of sp³-hybridized carbons (Fsp3) is 0.643. The number of nitrogens with two attached hydrogens (primary N) is 1. The van der Waals surface area contributed by atoms with Crippen molar-refractivity contribution >= 4 is 0 Å². The maximum absolute atomic E-state index is 12.9. The van der Waals surface area contributed by atoms with Gasteiger partial charge in [0.25, 0.3) is 0 Å². The molecular weight excluding hydrogens is 229 g/mol. The van der Waals surface area contributed by atoms with Gasteiger partial charge in [0.05, 0.1) is 11.9 Å². The van der Waals surface area contributed by atoms with Crippen LogP contribution in [0.5, 0.6) is 0 Å². The van der Waals surface area contributed by atoms with Gasteiger partial charge >= 0.3 is 0 Å². The van der Waals surface area contributed by atoms with Crippen molar-refractivity contribution < 1.29 is 4.39 Å². The van der Waals surface area contributed by atoms with Gasteiger partial charge in [-0.1, -0.05) is 0 Å². The molecule has 2 N–H and O–H groups in total. The Morgan fingerprint density at radius 3 is 2.56 bits per heavy atom. The second kappa shape index (κ2) is 5.76. The van der Waals surface area contributed by atoms with Crippen molar-refractivity contribution in [2.24, 2.45) is 5.73 Å². The first-order chi connectivity index (χ1) is 8.58. The third kappa shape index (κ3) is 3.06. The van der Waals surface area contributed by atoms with Crippen LogP contribution in [-0.4, -0.2) is 29.0 Å². The fourth-order valence-electron chi connectivity index (χ4n) is 2.67.